The van der Waals surface area contributed by atoms with Gasteiger partial charge in [0.1, 0.15) is 0 Å². The normalized spacial score (nSPS) is 11.6. The molecule has 6 nitrogen and oxygen atoms in total. The van der Waals surface area contributed by atoms with Crippen molar-refractivity contribution in [1.29, 1.82) is 0 Å². The highest BCUT2D eigenvalue weighted by atomic mass is 16.5. The molecule has 0 radical (unpaired) electrons. The van der Waals surface area contributed by atoms with Gasteiger partial charge in [0.25, 0.3) is 0 Å². The van der Waals surface area contributed by atoms with Gasteiger partial charge in [-0.15, -0.1) is 0 Å². The number of methoxy groups -OCH3 is 4. The van der Waals surface area contributed by atoms with Crippen molar-refractivity contribution >= 4 is 5.97 Å². The Morgan fingerprint density at radius 3 is 1.89 bits per heavy atom. The topological polar surface area (TPSA) is 81.6 Å². The summed E-state index contributed by atoms with van der Waals surface area (Å²) >= 11 is 0. The molecular weight excluding hydrogens is 238 g/mol. The van der Waals surface area contributed by atoms with Crippen molar-refractivity contribution in [3.63, 3.8) is 0 Å². The third-order valence-corrected chi connectivity index (χ3v) is 2.58. The van der Waals surface area contributed by atoms with Gasteiger partial charge in [-0.25, -0.2) is 4.79 Å². The maximum Gasteiger partial charge on any atom is 0.369 e. The Labute approximate surface area is 106 Å². The van der Waals surface area contributed by atoms with E-state index in [2.05, 4.69) is 10.5 Å². The molecule has 1 aromatic rings. The molecule has 1 aromatic carbocycles. The van der Waals surface area contributed by atoms with E-state index in [1.165, 1.54) is 28.4 Å². The monoisotopic (exact) mass is 256 g/mol. The number of hydrogen-bond acceptors (Lipinski definition) is 5. The molecule has 0 aromatic heterocycles. The molecular formula is C12H18NO5+. The highest BCUT2D eigenvalue weighted by molar-refractivity contribution is 5.76. The molecule has 0 saturated heterocycles. The smallest absolute Gasteiger partial charge is 0.369 e. The first kappa shape index (κ1) is 14.1. The zero-order valence-corrected chi connectivity index (χ0v) is 11.0. The predicted octanol–water partition coefficient (Wildman–Crippen LogP) is 0.168. The Hall–Kier alpha value is -1.95. The van der Waals surface area contributed by atoms with Gasteiger partial charge in [-0.3, -0.25) is 0 Å². The molecule has 3 N–H and O–H groups in total. The highest BCUT2D eigenvalue weighted by Crippen LogP contribution is 2.39. The van der Waals surface area contributed by atoms with Crippen LogP contribution < -0.4 is 19.9 Å². The molecule has 0 fully saturated rings. The van der Waals surface area contributed by atoms with Crippen LogP contribution >= 0.6 is 0 Å². The summed E-state index contributed by atoms with van der Waals surface area (Å²) < 4.78 is 20.2. The van der Waals surface area contributed by atoms with Crippen molar-refractivity contribution in [2.75, 3.05) is 28.4 Å². The van der Waals surface area contributed by atoms with Gasteiger partial charge >= 0.3 is 5.97 Å². The molecule has 0 amide bonds. The molecule has 0 heterocycles. The Kier molecular flexibility index (Phi) is 4.79. The van der Waals surface area contributed by atoms with E-state index in [4.69, 9.17) is 14.2 Å². The predicted molar refractivity (Wildman–Crippen MR) is 63.7 cm³/mol. The van der Waals surface area contributed by atoms with E-state index in [0.29, 0.717) is 22.8 Å². The molecule has 0 spiro atoms. The number of ether oxygens (including phenoxy) is 4. The Morgan fingerprint density at radius 1 is 1.06 bits per heavy atom. The average Bonchev–Trinajstić information content (AvgIpc) is 2.43. The van der Waals surface area contributed by atoms with Gasteiger partial charge in [0.05, 0.1) is 28.4 Å². The van der Waals surface area contributed by atoms with Gasteiger partial charge in [0.2, 0.25) is 11.8 Å². The van der Waals surface area contributed by atoms with E-state index in [-0.39, 0.29) is 0 Å². The fourth-order valence-corrected chi connectivity index (χ4v) is 1.58. The first-order chi connectivity index (χ1) is 8.58. The van der Waals surface area contributed by atoms with Gasteiger partial charge in [-0.05, 0) is 12.1 Å². The minimum absolute atomic E-state index is 0.427. The summed E-state index contributed by atoms with van der Waals surface area (Å²) in [6.45, 7) is 0. The zero-order chi connectivity index (χ0) is 13.7. The van der Waals surface area contributed by atoms with Crippen LogP contribution in [0.2, 0.25) is 0 Å². The number of rotatable bonds is 5. The zero-order valence-electron chi connectivity index (χ0n) is 11.0. The minimum atomic E-state index is -0.649. The van der Waals surface area contributed by atoms with E-state index in [1.54, 1.807) is 12.1 Å². The van der Waals surface area contributed by atoms with Crippen molar-refractivity contribution < 1.29 is 29.5 Å². The molecule has 0 bridgehead atoms. The van der Waals surface area contributed by atoms with Gasteiger partial charge < -0.3 is 24.7 Å². The molecule has 0 saturated carbocycles. The number of esters is 1. The Balaban J connectivity index is 3.27. The molecule has 0 aliphatic rings. The van der Waals surface area contributed by atoms with Crippen molar-refractivity contribution in [2.45, 2.75) is 6.04 Å². The van der Waals surface area contributed by atoms with E-state index in [9.17, 15) is 4.79 Å². The van der Waals surface area contributed by atoms with Crippen molar-refractivity contribution in [2.24, 2.45) is 0 Å². The van der Waals surface area contributed by atoms with Crippen molar-refractivity contribution in [3.8, 4) is 17.2 Å². The SMILES string of the molecule is COC(=O)C([NH3+])c1cc(OC)c(OC)c(OC)c1. The number of hydrogen-bond donors (Lipinski definition) is 1. The van der Waals surface area contributed by atoms with Crippen LogP contribution in [0.25, 0.3) is 0 Å². The van der Waals surface area contributed by atoms with E-state index in [0.717, 1.165) is 0 Å². The lowest BCUT2D eigenvalue weighted by atomic mass is 10.1. The van der Waals surface area contributed by atoms with Crippen LogP contribution in [0.5, 0.6) is 17.2 Å². The summed E-state index contributed by atoms with van der Waals surface area (Å²) in [6.07, 6.45) is 0. The van der Waals surface area contributed by atoms with Gasteiger partial charge in [-0.2, -0.15) is 0 Å². The van der Waals surface area contributed by atoms with Crippen molar-refractivity contribution in [3.05, 3.63) is 17.7 Å². The molecule has 1 atom stereocenters. The Morgan fingerprint density at radius 2 is 1.56 bits per heavy atom. The molecule has 18 heavy (non-hydrogen) atoms. The average molecular weight is 256 g/mol. The van der Waals surface area contributed by atoms with Crippen LogP contribution in [0.15, 0.2) is 12.1 Å². The summed E-state index contributed by atoms with van der Waals surface area (Å²) in [5, 5.41) is 0. The van der Waals surface area contributed by atoms with Gasteiger partial charge in [0, 0.05) is 5.56 Å². The molecule has 1 rings (SSSR count). The van der Waals surface area contributed by atoms with E-state index < -0.39 is 12.0 Å². The maximum absolute atomic E-state index is 11.5. The molecule has 6 heteroatoms. The molecule has 0 aliphatic heterocycles. The second kappa shape index (κ2) is 6.11. The number of carbonyl (C=O) groups is 1. The fraction of sp³-hybridized carbons (Fsp3) is 0.417. The quantitative estimate of drug-likeness (QED) is 0.759. The number of carbonyl (C=O) groups excluding carboxylic acids is 1. The van der Waals surface area contributed by atoms with Crippen LogP contribution in [-0.2, 0) is 9.53 Å². The van der Waals surface area contributed by atoms with Gasteiger partial charge in [0.15, 0.2) is 11.5 Å². The third-order valence-electron chi connectivity index (χ3n) is 2.58. The molecule has 0 aliphatic carbocycles. The van der Waals surface area contributed by atoms with Crippen LogP contribution in [0.3, 0.4) is 0 Å². The van der Waals surface area contributed by atoms with Crippen LogP contribution in [0, 0.1) is 0 Å². The minimum Gasteiger partial charge on any atom is -0.493 e. The second-order valence-corrected chi connectivity index (χ2v) is 3.53. The number of benzene rings is 1. The van der Waals surface area contributed by atoms with Crippen LogP contribution in [-0.4, -0.2) is 34.4 Å². The number of quaternary nitrogens is 1. The van der Waals surface area contributed by atoms with Gasteiger partial charge in [-0.1, -0.05) is 0 Å². The Bertz CT molecular complexity index is 407. The maximum atomic E-state index is 11.5. The fourth-order valence-electron chi connectivity index (χ4n) is 1.58. The third kappa shape index (κ3) is 2.65. The van der Waals surface area contributed by atoms with Crippen molar-refractivity contribution in [1.82, 2.24) is 0 Å². The second-order valence-electron chi connectivity index (χ2n) is 3.53. The first-order valence-electron chi connectivity index (χ1n) is 5.29. The van der Waals surface area contributed by atoms with E-state index >= 15 is 0 Å². The first-order valence-corrected chi connectivity index (χ1v) is 5.29. The summed E-state index contributed by atoms with van der Waals surface area (Å²) in [4.78, 5) is 11.5. The van der Waals surface area contributed by atoms with E-state index in [1.807, 2.05) is 0 Å². The largest absolute Gasteiger partial charge is 0.493 e. The highest BCUT2D eigenvalue weighted by Gasteiger charge is 2.24. The standard InChI is InChI=1S/C12H17NO5/c1-15-8-5-7(10(13)12(14)18-4)6-9(16-2)11(8)17-3/h5-6,10H,13H2,1-4H3/p+1. The lowest BCUT2D eigenvalue weighted by Crippen LogP contribution is -2.57. The lowest BCUT2D eigenvalue weighted by molar-refractivity contribution is -0.414. The molecule has 1 unspecified atom stereocenters. The van der Waals surface area contributed by atoms with Crippen LogP contribution in [0.4, 0.5) is 0 Å². The summed E-state index contributed by atoms with van der Waals surface area (Å²) in [5.41, 5.74) is 4.39. The molecule has 100 valence electrons. The van der Waals surface area contributed by atoms with Crippen LogP contribution in [0.1, 0.15) is 11.6 Å². The lowest BCUT2D eigenvalue weighted by Gasteiger charge is -2.15. The summed E-state index contributed by atoms with van der Waals surface area (Å²) in [5.74, 6) is 0.999. The summed E-state index contributed by atoms with van der Waals surface area (Å²) in [7, 11) is 5.86. The summed E-state index contributed by atoms with van der Waals surface area (Å²) in [6, 6.07) is 2.70.